The second kappa shape index (κ2) is 10.9. The van der Waals surface area contributed by atoms with Gasteiger partial charge in [0.2, 0.25) is 0 Å². The van der Waals surface area contributed by atoms with E-state index < -0.39 is 11.7 Å². The summed E-state index contributed by atoms with van der Waals surface area (Å²) >= 11 is 0. The highest BCUT2D eigenvalue weighted by Gasteiger charge is 2.23. The molecule has 1 aliphatic carbocycles. The van der Waals surface area contributed by atoms with Gasteiger partial charge in [0.05, 0.1) is 0 Å². The first kappa shape index (κ1) is 22.0. The number of benzene rings is 1. The Morgan fingerprint density at radius 1 is 1.04 bits per heavy atom. The highest BCUT2D eigenvalue weighted by atomic mass is 16.6. The Morgan fingerprint density at radius 2 is 1.75 bits per heavy atom. The van der Waals surface area contributed by atoms with E-state index >= 15 is 0 Å². The summed E-state index contributed by atoms with van der Waals surface area (Å²) in [4.78, 5) is 23.7. The van der Waals surface area contributed by atoms with Crippen LogP contribution in [0.15, 0.2) is 30.3 Å². The quantitative estimate of drug-likeness (QED) is 0.621. The molecule has 0 saturated heterocycles. The van der Waals surface area contributed by atoms with Crippen molar-refractivity contribution in [3.05, 3.63) is 35.9 Å². The Labute approximate surface area is 167 Å². The van der Waals surface area contributed by atoms with Crippen molar-refractivity contribution >= 4 is 12.2 Å². The molecule has 156 valence electrons. The zero-order valence-electron chi connectivity index (χ0n) is 17.1. The van der Waals surface area contributed by atoms with Gasteiger partial charge in [0.25, 0.3) is 0 Å². The van der Waals surface area contributed by atoms with Gasteiger partial charge < -0.3 is 25.4 Å². The molecule has 28 heavy (non-hydrogen) atoms. The van der Waals surface area contributed by atoms with Gasteiger partial charge in [0.15, 0.2) is 0 Å². The topological polar surface area (TPSA) is 88.7 Å². The molecule has 2 atom stereocenters. The van der Waals surface area contributed by atoms with E-state index in [1.54, 1.807) is 0 Å². The predicted octanol–water partition coefficient (Wildman–Crippen LogP) is 3.34. The lowest BCUT2D eigenvalue weighted by Crippen LogP contribution is -2.46. The molecule has 0 aliphatic heterocycles. The Balaban J connectivity index is 1.61. The lowest BCUT2D eigenvalue weighted by Gasteiger charge is -2.30. The summed E-state index contributed by atoms with van der Waals surface area (Å²) in [5.41, 5.74) is 0.479. The fourth-order valence-electron chi connectivity index (χ4n) is 3.19. The number of rotatable bonds is 7. The molecule has 0 bridgehead atoms. The minimum absolute atomic E-state index is 0.105. The van der Waals surface area contributed by atoms with Gasteiger partial charge in [0.1, 0.15) is 12.2 Å². The summed E-state index contributed by atoms with van der Waals surface area (Å²) in [6.45, 7) is 6.95. The van der Waals surface area contributed by atoms with Crippen molar-refractivity contribution < 1.29 is 19.1 Å². The summed E-state index contributed by atoms with van der Waals surface area (Å²) in [6, 6.07) is 10.1. The monoisotopic (exact) mass is 391 g/mol. The molecule has 1 aromatic carbocycles. The van der Waals surface area contributed by atoms with E-state index in [1.165, 1.54) is 0 Å². The molecule has 2 rings (SSSR count). The average Bonchev–Trinajstić information content (AvgIpc) is 2.63. The van der Waals surface area contributed by atoms with Crippen molar-refractivity contribution in [3.8, 4) is 0 Å². The fraction of sp³-hybridized carbons (Fsp3) is 0.619. The van der Waals surface area contributed by atoms with Gasteiger partial charge in [-0.1, -0.05) is 30.3 Å². The highest BCUT2D eigenvalue weighted by Crippen LogP contribution is 2.18. The van der Waals surface area contributed by atoms with Crippen LogP contribution in [0.1, 0.15) is 52.0 Å². The summed E-state index contributed by atoms with van der Waals surface area (Å²) < 4.78 is 10.5. The summed E-state index contributed by atoms with van der Waals surface area (Å²) in [6.07, 6.45) is 3.13. The number of carbonyl (C=O) groups is 2. The van der Waals surface area contributed by atoms with Gasteiger partial charge in [-0.3, -0.25) is 0 Å². The molecule has 2 unspecified atom stereocenters. The number of hydrogen-bond acceptors (Lipinski definition) is 5. The molecule has 7 nitrogen and oxygen atoms in total. The van der Waals surface area contributed by atoms with Gasteiger partial charge in [-0.2, -0.15) is 0 Å². The Kier molecular flexibility index (Phi) is 8.57. The number of amides is 2. The van der Waals surface area contributed by atoms with Crippen LogP contribution in [-0.4, -0.2) is 43.0 Å². The van der Waals surface area contributed by atoms with Crippen LogP contribution in [0.4, 0.5) is 9.59 Å². The molecule has 3 N–H and O–H groups in total. The van der Waals surface area contributed by atoms with Gasteiger partial charge in [-0.25, -0.2) is 9.59 Å². The zero-order valence-corrected chi connectivity index (χ0v) is 17.1. The molecule has 0 aromatic heterocycles. The predicted molar refractivity (Wildman–Crippen MR) is 108 cm³/mol. The van der Waals surface area contributed by atoms with Crippen molar-refractivity contribution in [3.63, 3.8) is 0 Å². The molecule has 0 heterocycles. The molecule has 2 amide bonds. The third kappa shape index (κ3) is 9.08. The smallest absolute Gasteiger partial charge is 0.407 e. The number of carbonyl (C=O) groups excluding carboxylic acids is 2. The van der Waals surface area contributed by atoms with Crippen LogP contribution < -0.4 is 16.0 Å². The lowest BCUT2D eigenvalue weighted by atomic mass is 9.91. The highest BCUT2D eigenvalue weighted by molar-refractivity contribution is 5.68. The van der Waals surface area contributed by atoms with Crippen molar-refractivity contribution in [1.82, 2.24) is 16.0 Å². The molecule has 1 fully saturated rings. The van der Waals surface area contributed by atoms with Gasteiger partial charge in [0, 0.05) is 25.2 Å². The largest absolute Gasteiger partial charge is 0.445 e. The summed E-state index contributed by atoms with van der Waals surface area (Å²) in [5, 5.41) is 9.14. The van der Waals surface area contributed by atoms with Crippen LogP contribution in [0.25, 0.3) is 0 Å². The standard InChI is InChI=1S/C21H33N3O4/c1-21(2,3)28-19(25)23-13-12-22-17-10-7-11-18(14-17)24-20(26)27-15-16-8-5-4-6-9-16/h4-6,8-9,17-18,22H,7,10-15H2,1-3H3,(H,23,25)(H,24,26). The third-order valence-electron chi connectivity index (χ3n) is 4.44. The molecular formula is C21H33N3O4. The molecule has 0 spiro atoms. The van der Waals surface area contributed by atoms with Crippen LogP contribution in [0.2, 0.25) is 0 Å². The molecule has 1 saturated carbocycles. The number of ether oxygens (including phenoxy) is 2. The zero-order chi connectivity index (χ0) is 20.4. The maximum Gasteiger partial charge on any atom is 0.407 e. The van der Waals surface area contributed by atoms with Crippen LogP contribution >= 0.6 is 0 Å². The van der Waals surface area contributed by atoms with E-state index in [9.17, 15) is 9.59 Å². The van der Waals surface area contributed by atoms with Crippen molar-refractivity contribution in [1.29, 1.82) is 0 Å². The number of hydrogen-bond donors (Lipinski definition) is 3. The first-order chi connectivity index (χ1) is 13.3. The first-order valence-corrected chi connectivity index (χ1v) is 9.99. The van der Waals surface area contributed by atoms with E-state index in [0.29, 0.717) is 19.1 Å². The lowest BCUT2D eigenvalue weighted by molar-refractivity contribution is 0.0527. The fourth-order valence-corrected chi connectivity index (χ4v) is 3.19. The first-order valence-electron chi connectivity index (χ1n) is 9.99. The third-order valence-corrected chi connectivity index (χ3v) is 4.44. The molecular weight excluding hydrogens is 358 g/mol. The van der Waals surface area contributed by atoms with E-state index in [-0.39, 0.29) is 18.7 Å². The number of nitrogens with one attached hydrogen (secondary N) is 3. The average molecular weight is 392 g/mol. The van der Waals surface area contributed by atoms with E-state index in [1.807, 2.05) is 51.1 Å². The molecule has 1 aromatic rings. The van der Waals surface area contributed by atoms with Gasteiger partial charge in [-0.05, 0) is 52.0 Å². The van der Waals surface area contributed by atoms with Crippen molar-refractivity contribution in [2.24, 2.45) is 0 Å². The van der Waals surface area contributed by atoms with Crippen LogP contribution in [-0.2, 0) is 16.1 Å². The molecule has 7 heteroatoms. The van der Waals surface area contributed by atoms with Crippen molar-refractivity contribution in [2.45, 2.75) is 70.7 Å². The Bertz CT molecular complexity index is 616. The van der Waals surface area contributed by atoms with E-state index in [0.717, 1.165) is 31.2 Å². The van der Waals surface area contributed by atoms with Gasteiger partial charge >= 0.3 is 12.2 Å². The minimum atomic E-state index is -0.491. The Morgan fingerprint density at radius 3 is 2.46 bits per heavy atom. The van der Waals surface area contributed by atoms with Gasteiger partial charge in [-0.15, -0.1) is 0 Å². The molecule has 1 aliphatic rings. The second-order valence-electron chi connectivity index (χ2n) is 8.15. The maximum atomic E-state index is 12.0. The summed E-state index contributed by atoms with van der Waals surface area (Å²) in [5.74, 6) is 0. The van der Waals surface area contributed by atoms with Crippen molar-refractivity contribution in [2.75, 3.05) is 13.1 Å². The SMILES string of the molecule is CC(C)(C)OC(=O)NCCNC1CCCC(NC(=O)OCc2ccccc2)C1. The van der Waals surface area contributed by atoms with Crippen LogP contribution in [0.3, 0.4) is 0 Å². The minimum Gasteiger partial charge on any atom is -0.445 e. The normalized spacial score (nSPS) is 19.5. The number of alkyl carbamates (subject to hydrolysis) is 2. The van der Waals surface area contributed by atoms with E-state index in [2.05, 4.69) is 16.0 Å². The van der Waals surface area contributed by atoms with E-state index in [4.69, 9.17) is 9.47 Å². The second-order valence-corrected chi connectivity index (χ2v) is 8.15. The summed E-state index contributed by atoms with van der Waals surface area (Å²) in [7, 11) is 0. The van der Waals surface area contributed by atoms with Crippen LogP contribution in [0, 0.1) is 0 Å². The maximum absolute atomic E-state index is 12.0. The Hall–Kier alpha value is -2.28. The molecule has 0 radical (unpaired) electrons. The van der Waals surface area contributed by atoms with Crippen LogP contribution in [0.5, 0.6) is 0 Å².